The van der Waals surface area contributed by atoms with Gasteiger partial charge in [-0.15, -0.1) is 16.4 Å². The second-order valence-corrected chi connectivity index (χ2v) is 5.47. The van der Waals surface area contributed by atoms with Crippen molar-refractivity contribution in [2.75, 3.05) is 5.32 Å². The molecular weight excluding hydrogens is 315 g/mol. The zero-order valence-corrected chi connectivity index (χ0v) is 13.0. The summed E-state index contributed by atoms with van der Waals surface area (Å²) in [6.45, 7) is 1.87. The fourth-order valence-electron chi connectivity index (χ4n) is 1.96. The van der Waals surface area contributed by atoms with Gasteiger partial charge in [0.2, 0.25) is 4.96 Å². The van der Waals surface area contributed by atoms with Gasteiger partial charge >= 0.3 is 0 Å². The minimum absolute atomic E-state index is 0.232. The third kappa shape index (κ3) is 3.35. The van der Waals surface area contributed by atoms with Crippen LogP contribution in [0.1, 0.15) is 6.92 Å². The number of aromatic nitrogens is 3. The number of halogens is 1. The highest BCUT2D eigenvalue weighted by molar-refractivity contribution is 7.15. The van der Waals surface area contributed by atoms with Crippen molar-refractivity contribution < 1.29 is 9.18 Å². The lowest BCUT2D eigenvalue weighted by Gasteiger charge is -1.98. The summed E-state index contributed by atoms with van der Waals surface area (Å²) in [5, 5.41) is 8.78. The first-order valence-corrected chi connectivity index (χ1v) is 7.76. The number of nitrogens with zero attached hydrogens (tertiary/aromatic N) is 3. The molecule has 3 rings (SSSR count). The zero-order valence-electron chi connectivity index (χ0n) is 12.2. The van der Waals surface area contributed by atoms with Crippen LogP contribution in [0.3, 0.4) is 0 Å². The topological polar surface area (TPSA) is 59.3 Å². The van der Waals surface area contributed by atoms with Crippen LogP contribution in [0.4, 0.5) is 10.3 Å². The van der Waals surface area contributed by atoms with Crippen LogP contribution in [-0.4, -0.2) is 20.5 Å². The Morgan fingerprint density at radius 1 is 1.30 bits per heavy atom. The number of allylic oxidation sites excluding steroid dienone is 3. The Morgan fingerprint density at radius 3 is 2.83 bits per heavy atom. The molecule has 116 valence electrons. The number of hydrogen-bond acceptors (Lipinski definition) is 4. The number of rotatable bonds is 4. The summed E-state index contributed by atoms with van der Waals surface area (Å²) in [6.07, 6.45) is 6.61. The van der Waals surface area contributed by atoms with E-state index in [0.29, 0.717) is 4.96 Å². The van der Waals surface area contributed by atoms with Crippen molar-refractivity contribution in [3.63, 3.8) is 0 Å². The normalized spacial score (nSPS) is 11.7. The quantitative estimate of drug-likeness (QED) is 0.587. The van der Waals surface area contributed by atoms with Crippen molar-refractivity contribution in [3.05, 3.63) is 59.8 Å². The molecule has 0 bridgehead atoms. The monoisotopic (exact) mass is 328 g/mol. The summed E-state index contributed by atoms with van der Waals surface area (Å²) in [5.41, 5.74) is 1.62. The Balaban J connectivity index is 1.86. The predicted octanol–water partition coefficient (Wildman–Crippen LogP) is 3.67. The smallest absolute Gasteiger partial charge is 0.250 e. The average Bonchev–Trinajstić information content (AvgIpc) is 3.08. The molecule has 1 aromatic carbocycles. The second kappa shape index (κ2) is 6.53. The first kappa shape index (κ1) is 15.1. The maximum absolute atomic E-state index is 13.0. The Labute approximate surface area is 135 Å². The van der Waals surface area contributed by atoms with Crippen LogP contribution >= 0.6 is 11.3 Å². The Bertz CT molecular complexity index is 893. The van der Waals surface area contributed by atoms with Gasteiger partial charge in [0.25, 0.3) is 11.9 Å². The molecule has 23 heavy (non-hydrogen) atoms. The van der Waals surface area contributed by atoms with Crippen molar-refractivity contribution in [2.24, 2.45) is 0 Å². The van der Waals surface area contributed by atoms with Gasteiger partial charge in [-0.1, -0.05) is 18.2 Å². The van der Waals surface area contributed by atoms with Gasteiger partial charge in [0.1, 0.15) is 5.82 Å². The zero-order chi connectivity index (χ0) is 16.2. The highest BCUT2D eigenvalue weighted by Gasteiger charge is 2.12. The molecule has 0 saturated heterocycles. The first-order valence-electron chi connectivity index (χ1n) is 6.88. The van der Waals surface area contributed by atoms with Crippen molar-refractivity contribution in [1.82, 2.24) is 14.6 Å². The summed E-state index contributed by atoms with van der Waals surface area (Å²) in [5.74, 6) is -0.361. The number of anilines is 1. The number of thiazole rings is 1. The predicted molar refractivity (Wildman–Crippen MR) is 88.8 cm³/mol. The molecule has 0 unspecified atom stereocenters. The molecule has 5 nitrogen and oxygen atoms in total. The summed E-state index contributed by atoms with van der Waals surface area (Å²) in [6, 6.07) is 6.14. The lowest BCUT2D eigenvalue weighted by Crippen LogP contribution is -2.09. The lowest BCUT2D eigenvalue weighted by molar-refractivity contribution is -0.111. The van der Waals surface area contributed by atoms with Crippen LogP contribution in [0.25, 0.3) is 16.2 Å². The van der Waals surface area contributed by atoms with Gasteiger partial charge in [-0.2, -0.15) is 4.98 Å². The minimum Gasteiger partial charge on any atom is -0.290 e. The van der Waals surface area contributed by atoms with Crippen molar-refractivity contribution in [3.8, 4) is 11.3 Å². The highest BCUT2D eigenvalue weighted by Crippen LogP contribution is 2.25. The Morgan fingerprint density at radius 2 is 2.09 bits per heavy atom. The first-order chi connectivity index (χ1) is 11.2. The van der Waals surface area contributed by atoms with Crippen LogP contribution in [0.5, 0.6) is 0 Å². The minimum atomic E-state index is -0.301. The van der Waals surface area contributed by atoms with E-state index in [9.17, 15) is 9.18 Å². The number of carbonyl (C=O) groups excluding carboxylic acids is 1. The average molecular weight is 328 g/mol. The summed E-state index contributed by atoms with van der Waals surface area (Å²) in [7, 11) is 0. The Kier molecular flexibility index (Phi) is 4.29. The third-order valence-electron chi connectivity index (χ3n) is 3.01. The molecule has 1 N–H and O–H groups in total. The fourth-order valence-corrected chi connectivity index (χ4v) is 2.79. The number of benzene rings is 1. The number of fused-ring (bicyclic) bond motifs is 1. The molecule has 2 aromatic heterocycles. The molecule has 0 aliphatic carbocycles. The fraction of sp³-hybridized carbons (Fsp3) is 0.0625. The van der Waals surface area contributed by atoms with E-state index in [1.807, 2.05) is 18.4 Å². The maximum atomic E-state index is 13.0. The van der Waals surface area contributed by atoms with E-state index < -0.39 is 0 Å². The van der Waals surface area contributed by atoms with Gasteiger partial charge in [0.15, 0.2) is 0 Å². The van der Waals surface area contributed by atoms with Crippen molar-refractivity contribution in [1.29, 1.82) is 0 Å². The molecule has 0 aliphatic rings. The van der Waals surface area contributed by atoms with E-state index in [-0.39, 0.29) is 17.7 Å². The molecule has 1 amide bonds. The molecule has 0 aliphatic heterocycles. The van der Waals surface area contributed by atoms with Crippen molar-refractivity contribution in [2.45, 2.75) is 6.92 Å². The van der Waals surface area contributed by atoms with Gasteiger partial charge in [0, 0.05) is 17.0 Å². The number of carbonyl (C=O) groups is 1. The molecule has 3 aromatic rings. The van der Waals surface area contributed by atoms with Gasteiger partial charge in [0.05, 0.1) is 5.69 Å². The molecule has 7 heteroatoms. The standard InChI is InChI=1S/C16H13FN4OS/c1-2-3-4-5-14(22)18-15-19-16-21(20-15)13(10-23-16)11-6-8-12(17)9-7-11/h2-10H,1H3,(H,18,20,22)/b3-2+,5-4+. The van der Waals surface area contributed by atoms with Crippen LogP contribution in [-0.2, 0) is 4.79 Å². The molecule has 2 heterocycles. The van der Waals surface area contributed by atoms with Crippen LogP contribution < -0.4 is 5.32 Å². The van der Waals surface area contributed by atoms with Gasteiger partial charge in [-0.05, 0) is 31.2 Å². The van der Waals surface area contributed by atoms with Gasteiger partial charge in [-0.25, -0.2) is 8.91 Å². The maximum Gasteiger partial charge on any atom is 0.250 e. The molecule has 0 atom stereocenters. The summed E-state index contributed by atoms with van der Waals surface area (Å²) < 4.78 is 14.7. The summed E-state index contributed by atoms with van der Waals surface area (Å²) >= 11 is 1.40. The largest absolute Gasteiger partial charge is 0.290 e. The molecule has 0 spiro atoms. The lowest BCUT2D eigenvalue weighted by atomic mass is 10.2. The van der Waals surface area contributed by atoms with Crippen LogP contribution in [0, 0.1) is 5.82 Å². The van der Waals surface area contributed by atoms with Gasteiger partial charge < -0.3 is 0 Å². The molecule has 0 saturated carbocycles. The van der Waals surface area contributed by atoms with E-state index in [2.05, 4.69) is 15.4 Å². The van der Waals surface area contributed by atoms with E-state index in [1.165, 1.54) is 29.5 Å². The van der Waals surface area contributed by atoms with E-state index in [4.69, 9.17) is 0 Å². The van der Waals surface area contributed by atoms with Crippen molar-refractivity contribution >= 4 is 28.2 Å². The van der Waals surface area contributed by atoms with Crippen LogP contribution in [0.15, 0.2) is 53.9 Å². The van der Waals surface area contributed by atoms with Gasteiger partial charge in [-0.3, -0.25) is 10.1 Å². The van der Waals surface area contributed by atoms with E-state index >= 15 is 0 Å². The second-order valence-electron chi connectivity index (χ2n) is 4.63. The molecule has 0 fully saturated rings. The van der Waals surface area contributed by atoms with E-state index in [0.717, 1.165) is 11.3 Å². The SMILES string of the molecule is C/C=C/C=C/C(=O)Nc1nc2scc(-c3ccc(F)cc3)n2n1. The van der Waals surface area contributed by atoms with Crippen LogP contribution in [0.2, 0.25) is 0 Å². The van der Waals surface area contributed by atoms with E-state index in [1.54, 1.807) is 28.8 Å². The number of nitrogens with one attached hydrogen (secondary N) is 1. The Hall–Kier alpha value is -2.80. The number of hydrogen-bond donors (Lipinski definition) is 1. The molecular formula is C16H13FN4OS. The summed E-state index contributed by atoms with van der Waals surface area (Å²) in [4.78, 5) is 16.6. The molecule has 0 radical (unpaired) electrons. The third-order valence-corrected chi connectivity index (χ3v) is 3.82. The highest BCUT2D eigenvalue weighted by atomic mass is 32.1. The number of amides is 1.